The van der Waals surface area contributed by atoms with E-state index >= 15 is 0 Å². The number of nitrogens with two attached hydrogens (primary N) is 1. The van der Waals surface area contributed by atoms with Crippen LogP contribution in [0.2, 0.25) is 0 Å². The van der Waals surface area contributed by atoms with Crippen molar-refractivity contribution in [3.8, 4) is 0 Å². The SMILES string of the molecule is CC[C@@H](N)C(=O)NCC(C1CC1)C1CC1. The van der Waals surface area contributed by atoms with Crippen LogP contribution in [0.3, 0.4) is 0 Å². The summed E-state index contributed by atoms with van der Waals surface area (Å²) in [4.78, 5) is 11.5. The van der Waals surface area contributed by atoms with Crippen molar-refractivity contribution in [3.63, 3.8) is 0 Å². The lowest BCUT2D eigenvalue weighted by molar-refractivity contribution is -0.122. The van der Waals surface area contributed by atoms with Gasteiger partial charge in [0.1, 0.15) is 0 Å². The van der Waals surface area contributed by atoms with Gasteiger partial charge in [0.05, 0.1) is 6.04 Å². The Kier molecular flexibility index (Phi) is 3.29. The first kappa shape index (κ1) is 10.9. The minimum atomic E-state index is -0.316. The zero-order valence-electron chi connectivity index (χ0n) is 9.54. The van der Waals surface area contributed by atoms with Gasteiger partial charge in [0.25, 0.3) is 0 Å². The number of amides is 1. The number of rotatable bonds is 6. The third kappa shape index (κ3) is 2.94. The summed E-state index contributed by atoms with van der Waals surface area (Å²) in [6.07, 6.45) is 6.21. The molecular formula is C12H22N2O. The van der Waals surface area contributed by atoms with E-state index in [1.54, 1.807) is 0 Å². The molecule has 2 fully saturated rings. The van der Waals surface area contributed by atoms with E-state index in [2.05, 4.69) is 5.32 Å². The summed E-state index contributed by atoms with van der Waals surface area (Å²) in [5, 5.41) is 3.01. The Morgan fingerprint density at radius 1 is 1.33 bits per heavy atom. The van der Waals surface area contributed by atoms with E-state index in [1.807, 2.05) is 6.92 Å². The van der Waals surface area contributed by atoms with Crippen LogP contribution in [0.5, 0.6) is 0 Å². The molecule has 1 amide bonds. The molecule has 0 unspecified atom stereocenters. The summed E-state index contributed by atoms with van der Waals surface area (Å²) in [5.41, 5.74) is 5.67. The van der Waals surface area contributed by atoms with Crippen LogP contribution in [-0.2, 0) is 4.79 Å². The molecule has 86 valence electrons. The lowest BCUT2D eigenvalue weighted by Crippen LogP contribution is -2.42. The standard InChI is InChI=1S/C12H22N2O/c1-2-11(13)12(15)14-7-10(8-3-4-8)9-5-6-9/h8-11H,2-7,13H2,1H3,(H,14,15)/t11-/m1/s1. The maximum atomic E-state index is 11.5. The predicted octanol–water partition coefficient (Wildman–Crippen LogP) is 1.28. The third-order valence-corrected chi connectivity index (χ3v) is 3.74. The van der Waals surface area contributed by atoms with Gasteiger partial charge in [0.15, 0.2) is 0 Å². The van der Waals surface area contributed by atoms with Gasteiger partial charge in [-0.1, -0.05) is 6.92 Å². The van der Waals surface area contributed by atoms with Crippen LogP contribution in [0.15, 0.2) is 0 Å². The van der Waals surface area contributed by atoms with Crippen LogP contribution in [0.1, 0.15) is 39.0 Å². The highest BCUT2D eigenvalue weighted by atomic mass is 16.2. The summed E-state index contributed by atoms with van der Waals surface area (Å²) in [5.74, 6) is 2.58. The molecule has 2 rings (SSSR count). The van der Waals surface area contributed by atoms with Gasteiger partial charge >= 0.3 is 0 Å². The molecule has 0 aromatic heterocycles. The van der Waals surface area contributed by atoms with Crippen LogP contribution >= 0.6 is 0 Å². The Hall–Kier alpha value is -0.570. The van der Waals surface area contributed by atoms with E-state index in [9.17, 15) is 4.79 Å². The van der Waals surface area contributed by atoms with Gasteiger partial charge in [-0.3, -0.25) is 4.79 Å². The Bertz CT molecular complexity index is 222. The summed E-state index contributed by atoms with van der Waals surface area (Å²) < 4.78 is 0. The monoisotopic (exact) mass is 210 g/mol. The highest BCUT2D eigenvalue weighted by Crippen LogP contribution is 2.48. The quantitative estimate of drug-likeness (QED) is 0.694. The van der Waals surface area contributed by atoms with Gasteiger partial charge in [-0.25, -0.2) is 0 Å². The number of carbonyl (C=O) groups excluding carboxylic acids is 1. The van der Waals surface area contributed by atoms with E-state index in [0.29, 0.717) is 0 Å². The number of nitrogens with one attached hydrogen (secondary N) is 1. The molecule has 0 aliphatic heterocycles. The number of carbonyl (C=O) groups is 1. The van der Waals surface area contributed by atoms with Gasteiger partial charge in [-0.05, 0) is 49.9 Å². The van der Waals surface area contributed by atoms with Gasteiger partial charge in [0.2, 0.25) is 5.91 Å². The van der Waals surface area contributed by atoms with Crippen LogP contribution in [-0.4, -0.2) is 18.5 Å². The van der Waals surface area contributed by atoms with Gasteiger partial charge in [-0.15, -0.1) is 0 Å². The van der Waals surface area contributed by atoms with E-state index in [4.69, 9.17) is 5.73 Å². The normalized spacial score (nSPS) is 22.9. The molecule has 0 spiro atoms. The van der Waals surface area contributed by atoms with Crippen molar-refractivity contribution in [2.75, 3.05) is 6.54 Å². The lowest BCUT2D eigenvalue weighted by Gasteiger charge is -2.17. The van der Waals surface area contributed by atoms with Crippen molar-refractivity contribution in [3.05, 3.63) is 0 Å². The molecule has 3 heteroatoms. The first-order chi connectivity index (χ1) is 7.22. The second kappa shape index (κ2) is 4.52. The van der Waals surface area contributed by atoms with Gasteiger partial charge < -0.3 is 11.1 Å². The maximum absolute atomic E-state index is 11.5. The van der Waals surface area contributed by atoms with E-state index < -0.39 is 0 Å². The smallest absolute Gasteiger partial charge is 0.236 e. The number of hydrogen-bond acceptors (Lipinski definition) is 2. The molecular weight excluding hydrogens is 188 g/mol. The average molecular weight is 210 g/mol. The molecule has 3 N–H and O–H groups in total. The second-order valence-electron chi connectivity index (χ2n) is 5.10. The van der Waals surface area contributed by atoms with Crippen molar-refractivity contribution < 1.29 is 4.79 Å². The van der Waals surface area contributed by atoms with Crippen molar-refractivity contribution in [2.24, 2.45) is 23.5 Å². The average Bonchev–Trinajstić information content (AvgIpc) is 3.07. The molecule has 2 aliphatic rings. The fourth-order valence-corrected chi connectivity index (χ4v) is 2.30. The van der Waals surface area contributed by atoms with Gasteiger partial charge in [-0.2, -0.15) is 0 Å². The minimum Gasteiger partial charge on any atom is -0.354 e. The summed E-state index contributed by atoms with van der Waals surface area (Å²) in [7, 11) is 0. The van der Waals surface area contributed by atoms with Crippen molar-refractivity contribution >= 4 is 5.91 Å². The lowest BCUT2D eigenvalue weighted by atomic mass is 9.98. The Morgan fingerprint density at radius 3 is 2.27 bits per heavy atom. The van der Waals surface area contributed by atoms with Gasteiger partial charge in [0, 0.05) is 6.54 Å². The topological polar surface area (TPSA) is 55.1 Å². The molecule has 1 atom stereocenters. The molecule has 0 aromatic rings. The molecule has 15 heavy (non-hydrogen) atoms. The highest BCUT2D eigenvalue weighted by Gasteiger charge is 2.41. The number of hydrogen-bond donors (Lipinski definition) is 2. The maximum Gasteiger partial charge on any atom is 0.236 e. The molecule has 2 aliphatic carbocycles. The summed E-state index contributed by atoms with van der Waals surface area (Å²) in [6.45, 7) is 2.81. The van der Waals surface area contributed by atoms with Crippen LogP contribution in [0.4, 0.5) is 0 Å². The molecule has 0 aromatic carbocycles. The first-order valence-electron chi connectivity index (χ1n) is 6.25. The molecule has 2 saturated carbocycles. The Balaban J connectivity index is 1.72. The van der Waals surface area contributed by atoms with E-state index in [0.717, 1.165) is 30.7 Å². The zero-order valence-corrected chi connectivity index (χ0v) is 9.54. The first-order valence-corrected chi connectivity index (χ1v) is 6.25. The molecule has 0 heterocycles. The molecule has 0 bridgehead atoms. The zero-order chi connectivity index (χ0) is 10.8. The van der Waals surface area contributed by atoms with Crippen molar-refractivity contribution in [1.29, 1.82) is 0 Å². The molecule has 0 saturated heterocycles. The predicted molar refractivity (Wildman–Crippen MR) is 60.2 cm³/mol. The fraction of sp³-hybridized carbons (Fsp3) is 0.917. The van der Waals surface area contributed by atoms with E-state index in [1.165, 1.54) is 25.7 Å². The second-order valence-corrected chi connectivity index (χ2v) is 5.10. The Morgan fingerprint density at radius 2 is 1.87 bits per heavy atom. The Labute approximate surface area is 91.8 Å². The summed E-state index contributed by atoms with van der Waals surface area (Å²) >= 11 is 0. The minimum absolute atomic E-state index is 0.0313. The molecule has 3 nitrogen and oxygen atoms in total. The van der Waals surface area contributed by atoms with Crippen LogP contribution < -0.4 is 11.1 Å². The van der Waals surface area contributed by atoms with Crippen LogP contribution in [0, 0.1) is 17.8 Å². The van der Waals surface area contributed by atoms with Crippen molar-refractivity contribution in [2.45, 2.75) is 45.1 Å². The molecule has 0 radical (unpaired) electrons. The van der Waals surface area contributed by atoms with Crippen molar-refractivity contribution in [1.82, 2.24) is 5.32 Å². The third-order valence-electron chi connectivity index (χ3n) is 3.74. The highest BCUT2D eigenvalue weighted by molar-refractivity contribution is 5.81. The fourth-order valence-electron chi connectivity index (χ4n) is 2.30. The summed E-state index contributed by atoms with van der Waals surface area (Å²) in [6, 6.07) is -0.316. The van der Waals surface area contributed by atoms with Crippen LogP contribution in [0.25, 0.3) is 0 Å². The van der Waals surface area contributed by atoms with E-state index in [-0.39, 0.29) is 11.9 Å². The largest absolute Gasteiger partial charge is 0.354 e.